The Morgan fingerprint density at radius 1 is 0.857 bits per heavy atom. The molecule has 0 aromatic rings. The first-order chi connectivity index (χ1) is 13.3. The van der Waals surface area contributed by atoms with Crippen LogP contribution >= 0.6 is 0 Å². The third-order valence-corrected chi connectivity index (χ3v) is 11.1. The van der Waals surface area contributed by atoms with E-state index in [2.05, 4.69) is 34.6 Å². The molecule has 1 saturated heterocycles. The van der Waals surface area contributed by atoms with Gasteiger partial charge in [-0.15, -0.1) is 0 Å². The predicted molar refractivity (Wildman–Crippen MR) is 117 cm³/mol. The number of rotatable bonds is 5. The summed E-state index contributed by atoms with van der Waals surface area (Å²) in [7, 11) is 0. The molecule has 5 fully saturated rings. The molecule has 28 heavy (non-hydrogen) atoms. The summed E-state index contributed by atoms with van der Waals surface area (Å²) in [4.78, 5) is 0. The summed E-state index contributed by atoms with van der Waals surface area (Å²) in [5.41, 5.74) is 1.25. The molecule has 1 aliphatic heterocycles. The van der Waals surface area contributed by atoms with Crippen LogP contribution in [0, 0.1) is 52.3 Å². The maximum Gasteiger partial charge on any atom is 0.0847 e. The average molecular weight is 387 g/mol. The molecule has 160 valence electrons. The second kappa shape index (κ2) is 7.00. The zero-order valence-electron chi connectivity index (χ0n) is 19.4. The van der Waals surface area contributed by atoms with Crippen LogP contribution in [0.5, 0.6) is 0 Å². The monoisotopic (exact) mass is 386 g/mol. The van der Waals surface area contributed by atoms with Gasteiger partial charge in [0, 0.05) is 0 Å². The molecule has 5 rings (SSSR count). The Kier molecular flexibility index (Phi) is 4.97. The van der Waals surface area contributed by atoms with Gasteiger partial charge in [0.1, 0.15) is 0 Å². The largest absolute Gasteiger partial charge is 0.370 e. The standard InChI is InChI=1S/C27H46O/c1-17(2)7-6-8-18(3)21-11-12-22-20-10-9-19-15-24-25(28-24)16-27(19,5)23(20)13-14-26(21,22)4/h17-25H,6-16H2,1-5H3/t18-,19+,20?,21?,22?,23?,24?,25?,26?,27?/m1/s1. The van der Waals surface area contributed by atoms with E-state index in [1.165, 1.54) is 64.2 Å². The molecule has 1 heterocycles. The Hall–Kier alpha value is -0.0400. The van der Waals surface area contributed by atoms with Crippen molar-refractivity contribution in [1.82, 2.24) is 0 Å². The van der Waals surface area contributed by atoms with E-state index in [4.69, 9.17) is 4.74 Å². The first-order valence-corrected chi connectivity index (χ1v) is 13.0. The van der Waals surface area contributed by atoms with Crippen molar-refractivity contribution in [3.05, 3.63) is 0 Å². The van der Waals surface area contributed by atoms with E-state index in [0.717, 1.165) is 41.4 Å². The molecule has 10 atom stereocenters. The molecule has 0 bridgehead atoms. The Morgan fingerprint density at radius 2 is 1.64 bits per heavy atom. The lowest BCUT2D eigenvalue weighted by Gasteiger charge is -2.60. The molecule has 0 amide bonds. The predicted octanol–water partition coefficient (Wildman–Crippen LogP) is 7.49. The topological polar surface area (TPSA) is 12.5 Å². The molecule has 0 radical (unpaired) electrons. The van der Waals surface area contributed by atoms with Gasteiger partial charge in [0.15, 0.2) is 0 Å². The van der Waals surface area contributed by atoms with E-state index < -0.39 is 0 Å². The van der Waals surface area contributed by atoms with Gasteiger partial charge < -0.3 is 4.74 Å². The SMILES string of the molecule is CC(C)CCC[C@@H](C)C1CCC2C3CC[C@H]4CC5OC5CC4(C)C3CCC21C. The van der Waals surface area contributed by atoms with Crippen LogP contribution < -0.4 is 0 Å². The number of ether oxygens (including phenoxy) is 1. The lowest BCUT2D eigenvalue weighted by molar-refractivity contribution is -0.110. The Morgan fingerprint density at radius 3 is 2.43 bits per heavy atom. The third-order valence-electron chi connectivity index (χ3n) is 11.1. The van der Waals surface area contributed by atoms with Crippen LogP contribution in [0.25, 0.3) is 0 Å². The molecule has 4 aliphatic carbocycles. The van der Waals surface area contributed by atoms with Gasteiger partial charge in [-0.1, -0.05) is 53.9 Å². The lowest BCUT2D eigenvalue weighted by atomic mass is 9.44. The number of hydrogen-bond acceptors (Lipinski definition) is 1. The van der Waals surface area contributed by atoms with E-state index in [-0.39, 0.29) is 0 Å². The molecule has 4 saturated carbocycles. The van der Waals surface area contributed by atoms with Crippen molar-refractivity contribution in [1.29, 1.82) is 0 Å². The fourth-order valence-corrected chi connectivity index (χ4v) is 9.54. The second-order valence-electron chi connectivity index (χ2n) is 12.8. The maximum atomic E-state index is 6.02. The molecule has 1 nitrogen and oxygen atoms in total. The van der Waals surface area contributed by atoms with Crippen molar-refractivity contribution < 1.29 is 4.74 Å². The third kappa shape index (κ3) is 3.04. The molecule has 0 aromatic carbocycles. The first kappa shape index (κ1) is 19.9. The summed E-state index contributed by atoms with van der Waals surface area (Å²) in [6.45, 7) is 12.8. The molecule has 8 unspecified atom stereocenters. The summed E-state index contributed by atoms with van der Waals surface area (Å²) in [5.74, 6) is 6.84. The summed E-state index contributed by atoms with van der Waals surface area (Å²) >= 11 is 0. The van der Waals surface area contributed by atoms with Gasteiger partial charge in [0.05, 0.1) is 12.2 Å². The fraction of sp³-hybridized carbons (Fsp3) is 1.00. The Balaban J connectivity index is 1.30. The highest BCUT2D eigenvalue weighted by atomic mass is 16.6. The molecular formula is C27H46O. The van der Waals surface area contributed by atoms with Gasteiger partial charge in [-0.3, -0.25) is 0 Å². The van der Waals surface area contributed by atoms with Crippen molar-refractivity contribution in [2.45, 2.75) is 117 Å². The van der Waals surface area contributed by atoms with Crippen molar-refractivity contribution in [2.24, 2.45) is 52.3 Å². The molecule has 0 N–H and O–H groups in total. The minimum atomic E-state index is 0.600. The summed E-state index contributed by atoms with van der Waals surface area (Å²) in [6, 6.07) is 0. The van der Waals surface area contributed by atoms with Gasteiger partial charge in [0.2, 0.25) is 0 Å². The molecular weight excluding hydrogens is 340 g/mol. The fourth-order valence-electron chi connectivity index (χ4n) is 9.54. The van der Waals surface area contributed by atoms with Gasteiger partial charge in [-0.2, -0.15) is 0 Å². The van der Waals surface area contributed by atoms with Crippen molar-refractivity contribution in [3.63, 3.8) is 0 Å². The number of epoxide rings is 1. The van der Waals surface area contributed by atoms with Gasteiger partial charge in [-0.25, -0.2) is 0 Å². The van der Waals surface area contributed by atoms with Crippen LogP contribution in [0.15, 0.2) is 0 Å². The zero-order valence-corrected chi connectivity index (χ0v) is 19.4. The van der Waals surface area contributed by atoms with E-state index >= 15 is 0 Å². The summed E-state index contributed by atoms with van der Waals surface area (Å²) in [5, 5.41) is 0. The van der Waals surface area contributed by atoms with Crippen LogP contribution in [0.3, 0.4) is 0 Å². The van der Waals surface area contributed by atoms with Gasteiger partial charge >= 0.3 is 0 Å². The highest BCUT2D eigenvalue weighted by Crippen LogP contribution is 2.69. The van der Waals surface area contributed by atoms with E-state index in [1.54, 1.807) is 6.42 Å². The molecule has 5 aliphatic rings. The molecule has 1 heteroatoms. The highest BCUT2D eigenvalue weighted by molar-refractivity contribution is 5.12. The number of fused-ring (bicyclic) bond motifs is 6. The van der Waals surface area contributed by atoms with Crippen molar-refractivity contribution in [3.8, 4) is 0 Å². The van der Waals surface area contributed by atoms with Gasteiger partial charge in [-0.05, 0) is 104 Å². The highest BCUT2D eigenvalue weighted by Gasteiger charge is 2.63. The maximum absolute atomic E-state index is 6.02. The van der Waals surface area contributed by atoms with Crippen molar-refractivity contribution >= 4 is 0 Å². The molecule has 0 aromatic heterocycles. The van der Waals surface area contributed by atoms with Crippen LogP contribution in [0.2, 0.25) is 0 Å². The van der Waals surface area contributed by atoms with Crippen LogP contribution in [-0.4, -0.2) is 12.2 Å². The minimum absolute atomic E-state index is 0.600. The van der Waals surface area contributed by atoms with E-state index in [0.29, 0.717) is 23.0 Å². The Bertz CT molecular complexity index is 583. The van der Waals surface area contributed by atoms with Crippen LogP contribution in [0.1, 0.15) is 105 Å². The normalized spacial score (nSPS) is 53.1. The minimum Gasteiger partial charge on any atom is -0.370 e. The first-order valence-electron chi connectivity index (χ1n) is 13.0. The summed E-state index contributed by atoms with van der Waals surface area (Å²) < 4.78 is 6.02. The van der Waals surface area contributed by atoms with Crippen LogP contribution in [-0.2, 0) is 4.74 Å². The van der Waals surface area contributed by atoms with Crippen LogP contribution in [0.4, 0.5) is 0 Å². The summed E-state index contributed by atoms with van der Waals surface area (Å²) in [6.07, 6.45) is 17.6. The number of hydrogen-bond donors (Lipinski definition) is 0. The van der Waals surface area contributed by atoms with E-state index in [1.807, 2.05) is 0 Å². The van der Waals surface area contributed by atoms with E-state index in [9.17, 15) is 0 Å². The second-order valence-corrected chi connectivity index (χ2v) is 12.8. The molecule has 0 spiro atoms. The zero-order chi connectivity index (χ0) is 19.7. The lowest BCUT2D eigenvalue weighted by Crippen LogP contribution is -2.54. The van der Waals surface area contributed by atoms with Gasteiger partial charge in [0.25, 0.3) is 0 Å². The quantitative estimate of drug-likeness (QED) is 0.446. The van der Waals surface area contributed by atoms with Crippen molar-refractivity contribution in [2.75, 3.05) is 0 Å². The Labute approximate surface area is 174 Å². The smallest absolute Gasteiger partial charge is 0.0847 e. The average Bonchev–Trinajstić information content (AvgIpc) is 3.27.